The van der Waals surface area contributed by atoms with Gasteiger partial charge in [-0.25, -0.2) is 0 Å². The molecule has 3 N–H and O–H groups in total. The van der Waals surface area contributed by atoms with E-state index < -0.39 is 0 Å². The number of anilines is 1. The van der Waals surface area contributed by atoms with Crippen LogP contribution < -0.4 is 5.73 Å². The Kier molecular flexibility index (Phi) is 3.93. The molecule has 0 bridgehead atoms. The predicted octanol–water partition coefficient (Wildman–Crippen LogP) is 1.42. The molecule has 5 heteroatoms. The van der Waals surface area contributed by atoms with Gasteiger partial charge in [-0.05, 0) is 19.3 Å². The lowest BCUT2D eigenvalue weighted by Gasteiger charge is -2.17. The standard InChI is InChI=1S/C11H20N4O/c1-7(2)5-6-15(4)11(16)10-9(12)8(3)13-14-10/h7H,5-6,12H2,1-4H3,(H,13,14). The number of aromatic amines is 1. The van der Waals surface area contributed by atoms with Crippen LogP contribution in [0.2, 0.25) is 0 Å². The van der Waals surface area contributed by atoms with Gasteiger partial charge in [-0.15, -0.1) is 0 Å². The minimum absolute atomic E-state index is 0.123. The average Bonchev–Trinajstić information content (AvgIpc) is 2.55. The molecular formula is C11H20N4O. The minimum atomic E-state index is -0.123. The van der Waals surface area contributed by atoms with E-state index in [1.54, 1.807) is 18.9 Å². The topological polar surface area (TPSA) is 75.0 Å². The first-order valence-electron chi connectivity index (χ1n) is 5.49. The highest BCUT2D eigenvalue weighted by molar-refractivity contribution is 5.97. The van der Waals surface area contributed by atoms with Gasteiger partial charge >= 0.3 is 0 Å². The van der Waals surface area contributed by atoms with Crippen LogP contribution in [0, 0.1) is 12.8 Å². The van der Waals surface area contributed by atoms with E-state index in [1.807, 2.05) is 0 Å². The van der Waals surface area contributed by atoms with Gasteiger partial charge in [0.15, 0.2) is 5.69 Å². The van der Waals surface area contributed by atoms with Crippen molar-refractivity contribution in [3.8, 4) is 0 Å². The second-order valence-electron chi connectivity index (χ2n) is 4.52. The summed E-state index contributed by atoms with van der Waals surface area (Å²) in [7, 11) is 1.77. The van der Waals surface area contributed by atoms with Crippen LogP contribution in [-0.2, 0) is 0 Å². The van der Waals surface area contributed by atoms with Crippen molar-refractivity contribution in [2.75, 3.05) is 19.3 Å². The number of hydrogen-bond acceptors (Lipinski definition) is 3. The Bertz CT molecular complexity index is 370. The smallest absolute Gasteiger partial charge is 0.276 e. The molecule has 0 aromatic carbocycles. The molecule has 1 rings (SSSR count). The van der Waals surface area contributed by atoms with E-state index in [0.717, 1.165) is 18.7 Å². The summed E-state index contributed by atoms with van der Waals surface area (Å²) in [6.45, 7) is 6.78. The molecule has 0 unspecified atom stereocenters. The molecule has 0 spiro atoms. The van der Waals surface area contributed by atoms with Crippen molar-refractivity contribution in [3.63, 3.8) is 0 Å². The Morgan fingerprint density at radius 2 is 2.19 bits per heavy atom. The molecule has 1 amide bonds. The van der Waals surface area contributed by atoms with Gasteiger partial charge in [-0.3, -0.25) is 9.89 Å². The molecule has 0 aliphatic rings. The number of rotatable bonds is 4. The van der Waals surface area contributed by atoms with Crippen LogP contribution in [0.3, 0.4) is 0 Å². The summed E-state index contributed by atoms with van der Waals surface area (Å²) in [5.41, 5.74) is 7.26. The van der Waals surface area contributed by atoms with Crippen molar-refractivity contribution in [3.05, 3.63) is 11.4 Å². The Labute approximate surface area is 96.0 Å². The molecular weight excluding hydrogens is 204 g/mol. The van der Waals surface area contributed by atoms with Crippen molar-refractivity contribution >= 4 is 11.6 Å². The highest BCUT2D eigenvalue weighted by Crippen LogP contribution is 2.14. The Hall–Kier alpha value is -1.52. The largest absolute Gasteiger partial charge is 0.395 e. The SMILES string of the molecule is Cc1[nH]nc(C(=O)N(C)CCC(C)C)c1N. The molecule has 90 valence electrons. The number of nitrogens with zero attached hydrogens (tertiary/aromatic N) is 2. The lowest BCUT2D eigenvalue weighted by Crippen LogP contribution is -2.29. The average molecular weight is 224 g/mol. The zero-order valence-electron chi connectivity index (χ0n) is 10.4. The number of hydrogen-bond donors (Lipinski definition) is 2. The van der Waals surface area contributed by atoms with Crippen LogP contribution in [-0.4, -0.2) is 34.6 Å². The van der Waals surface area contributed by atoms with E-state index in [9.17, 15) is 4.79 Å². The van der Waals surface area contributed by atoms with Gasteiger partial charge in [-0.2, -0.15) is 5.10 Å². The minimum Gasteiger partial charge on any atom is -0.395 e. The van der Waals surface area contributed by atoms with Crippen LogP contribution in [0.25, 0.3) is 0 Å². The summed E-state index contributed by atoms with van der Waals surface area (Å²) in [6, 6.07) is 0. The number of aryl methyl sites for hydroxylation is 1. The van der Waals surface area contributed by atoms with Crippen molar-refractivity contribution < 1.29 is 4.79 Å². The van der Waals surface area contributed by atoms with E-state index in [0.29, 0.717) is 17.3 Å². The number of nitrogens with two attached hydrogens (primary N) is 1. The second kappa shape index (κ2) is 5.01. The molecule has 0 atom stereocenters. The molecule has 5 nitrogen and oxygen atoms in total. The summed E-state index contributed by atoms with van der Waals surface area (Å²) >= 11 is 0. The van der Waals surface area contributed by atoms with Gasteiger partial charge < -0.3 is 10.6 Å². The van der Waals surface area contributed by atoms with Crippen LogP contribution in [0.4, 0.5) is 5.69 Å². The van der Waals surface area contributed by atoms with Crippen LogP contribution in [0.5, 0.6) is 0 Å². The third-order valence-corrected chi connectivity index (χ3v) is 2.59. The molecule has 1 aromatic rings. The second-order valence-corrected chi connectivity index (χ2v) is 4.52. The summed E-state index contributed by atoms with van der Waals surface area (Å²) < 4.78 is 0. The fraction of sp³-hybridized carbons (Fsp3) is 0.636. The first kappa shape index (κ1) is 12.5. The molecule has 16 heavy (non-hydrogen) atoms. The highest BCUT2D eigenvalue weighted by Gasteiger charge is 2.18. The zero-order chi connectivity index (χ0) is 12.3. The Morgan fingerprint density at radius 1 is 1.56 bits per heavy atom. The van der Waals surface area contributed by atoms with Crippen LogP contribution in [0.15, 0.2) is 0 Å². The van der Waals surface area contributed by atoms with E-state index in [-0.39, 0.29) is 5.91 Å². The predicted molar refractivity (Wildman–Crippen MR) is 64.2 cm³/mol. The maximum Gasteiger partial charge on any atom is 0.276 e. The summed E-state index contributed by atoms with van der Waals surface area (Å²) in [5.74, 6) is 0.455. The van der Waals surface area contributed by atoms with Crippen LogP contribution >= 0.6 is 0 Å². The lowest BCUT2D eigenvalue weighted by atomic mass is 10.1. The molecule has 1 aromatic heterocycles. The van der Waals surface area contributed by atoms with Crippen molar-refractivity contribution in [2.24, 2.45) is 5.92 Å². The molecule has 0 saturated heterocycles. The number of aromatic nitrogens is 2. The molecule has 0 aliphatic carbocycles. The van der Waals surface area contributed by atoms with Gasteiger partial charge in [0.25, 0.3) is 5.91 Å². The maximum absolute atomic E-state index is 12.0. The molecule has 0 aliphatic heterocycles. The highest BCUT2D eigenvalue weighted by atomic mass is 16.2. The zero-order valence-corrected chi connectivity index (χ0v) is 10.4. The van der Waals surface area contributed by atoms with Crippen LogP contribution in [0.1, 0.15) is 36.5 Å². The van der Waals surface area contributed by atoms with E-state index >= 15 is 0 Å². The number of H-pyrrole nitrogens is 1. The number of nitrogens with one attached hydrogen (secondary N) is 1. The van der Waals surface area contributed by atoms with E-state index in [4.69, 9.17) is 5.73 Å². The maximum atomic E-state index is 12.0. The first-order chi connectivity index (χ1) is 7.43. The number of amides is 1. The number of nitrogen functional groups attached to an aromatic ring is 1. The Morgan fingerprint density at radius 3 is 2.62 bits per heavy atom. The normalized spacial score (nSPS) is 10.8. The molecule has 0 saturated carbocycles. The van der Waals surface area contributed by atoms with Crippen molar-refractivity contribution in [2.45, 2.75) is 27.2 Å². The third-order valence-electron chi connectivity index (χ3n) is 2.59. The monoisotopic (exact) mass is 224 g/mol. The molecule has 1 heterocycles. The quantitative estimate of drug-likeness (QED) is 0.812. The Balaban J connectivity index is 2.67. The fourth-order valence-corrected chi connectivity index (χ4v) is 1.34. The third kappa shape index (κ3) is 2.74. The van der Waals surface area contributed by atoms with E-state index in [2.05, 4.69) is 24.0 Å². The van der Waals surface area contributed by atoms with Gasteiger partial charge in [0.2, 0.25) is 0 Å². The van der Waals surface area contributed by atoms with Crippen molar-refractivity contribution in [1.29, 1.82) is 0 Å². The van der Waals surface area contributed by atoms with Gasteiger partial charge in [-0.1, -0.05) is 13.8 Å². The molecule has 0 radical (unpaired) electrons. The lowest BCUT2D eigenvalue weighted by molar-refractivity contribution is 0.0784. The summed E-state index contributed by atoms with van der Waals surface area (Å²) in [5, 5.41) is 6.64. The summed E-state index contributed by atoms with van der Waals surface area (Å²) in [6.07, 6.45) is 0.978. The van der Waals surface area contributed by atoms with E-state index in [1.165, 1.54) is 0 Å². The molecule has 0 fully saturated rings. The van der Waals surface area contributed by atoms with Gasteiger partial charge in [0, 0.05) is 13.6 Å². The summed E-state index contributed by atoms with van der Waals surface area (Å²) in [4.78, 5) is 13.6. The van der Waals surface area contributed by atoms with Gasteiger partial charge in [0.1, 0.15) is 0 Å². The first-order valence-corrected chi connectivity index (χ1v) is 5.49. The fourth-order valence-electron chi connectivity index (χ4n) is 1.34. The number of carbonyl (C=O) groups excluding carboxylic acids is 1. The van der Waals surface area contributed by atoms with Crippen molar-refractivity contribution in [1.82, 2.24) is 15.1 Å². The van der Waals surface area contributed by atoms with Gasteiger partial charge in [0.05, 0.1) is 11.4 Å². The number of carbonyl (C=O) groups is 1.